The summed E-state index contributed by atoms with van der Waals surface area (Å²) in [5.74, 6) is 3.79. The Morgan fingerprint density at radius 3 is 2.32 bits per heavy atom. The summed E-state index contributed by atoms with van der Waals surface area (Å²) in [6.45, 7) is 12.7. The number of pyridine rings is 1. The maximum absolute atomic E-state index is 14.5. The molecule has 9 nitrogen and oxygen atoms in total. The Balaban J connectivity index is 1.15. The first-order valence-corrected chi connectivity index (χ1v) is 18.8. The van der Waals surface area contributed by atoms with Crippen molar-refractivity contribution in [1.29, 1.82) is 0 Å². The Bertz CT molecular complexity index is 1600. The Kier molecular flexibility index (Phi) is 11.2. The quantitative estimate of drug-likeness (QED) is 0.233. The second-order valence-corrected chi connectivity index (χ2v) is 16.1. The molecular weight excluding hydrogens is 628 g/mol. The van der Waals surface area contributed by atoms with Gasteiger partial charge in [-0.05, 0) is 118 Å². The molecule has 2 amide bonds. The Labute approximate surface area is 298 Å². The fourth-order valence-electron chi connectivity index (χ4n) is 7.92. The van der Waals surface area contributed by atoms with Crippen molar-refractivity contribution in [2.75, 3.05) is 31.6 Å². The molecule has 270 valence electrons. The topological polar surface area (TPSA) is 98.0 Å². The lowest BCUT2D eigenvalue weighted by atomic mass is 9.78. The van der Waals surface area contributed by atoms with Gasteiger partial charge < -0.3 is 18.8 Å². The van der Waals surface area contributed by atoms with Crippen LogP contribution in [0.25, 0.3) is 11.3 Å². The number of ether oxygens (including phenoxy) is 2. The van der Waals surface area contributed by atoms with Gasteiger partial charge in [0.15, 0.2) is 5.89 Å². The van der Waals surface area contributed by atoms with Gasteiger partial charge in [-0.25, -0.2) is 14.8 Å². The minimum atomic E-state index is -0.209. The van der Waals surface area contributed by atoms with Crippen LogP contribution in [0.1, 0.15) is 115 Å². The molecule has 3 fully saturated rings. The van der Waals surface area contributed by atoms with Crippen molar-refractivity contribution in [3.63, 3.8) is 0 Å². The average Bonchev–Trinajstić information content (AvgIpc) is 3.63. The number of anilines is 1. The van der Waals surface area contributed by atoms with Crippen LogP contribution in [0.4, 0.5) is 10.6 Å². The first-order valence-electron chi connectivity index (χ1n) is 18.8. The highest BCUT2D eigenvalue weighted by Gasteiger charge is 2.35. The van der Waals surface area contributed by atoms with Crippen molar-refractivity contribution in [1.82, 2.24) is 14.9 Å². The molecule has 0 N–H and O–H groups in total. The molecule has 50 heavy (non-hydrogen) atoms. The first kappa shape index (κ1) is 35.9. The smallest absolute Gasteiger partial charge is 0.410 e. The second kappa shape index (κ2) is 15.6. The number of nitrogens with zero attached hydrogens (tertiary/aromatic N) is 4. The van der Waals surface area contributed by atoms with E-state index in [4.69, 9.17) is 23.9 Å². The van der Waals surface area contributed by atoms with E-state index in [0.29, 0.717) is 61.7 Å². The molecule has 3 aliphatic rings. The highest BCUT2D eigenvalue weighted by molar-refractivity contribution is 5.94. The summed E-state index contributed by atoms with van der Waals surface area (Å²) in [6, 6.07) is 10.5. The maximum atomic E-state index is 14.5. The first-order chi connectivity index (χ1) is 24.0. The normalized spacial score (nSPS) is 23.4. The number of aromatic nitrogens is 2. The van der Waals surface area contributed by atoms with Gasteiger partial charge in [-0.15, -0.1) is 0 Å². The van der Waals surface area contributed by atoms with Crippen molar-refractivity contribution >= 4 is 17.8 Å². The number of amides is 2. The zero-order valence-electron chi connectivity index (χ0n) is 31.0. The molecule has 1 aromatic carbocycles. The van der Waals surface area contributed by atoms with Crippen molar-refractivity contribution in [2.45, 2.75) is 116 Å². The van der Waals surface area contributed by atoms with E-state index >= 15 is 0 Å². The standard InChI is InChI=1S/C41H56N4O5/c1-27-18-21-44(22-19-27)40(47)50-34-14-11-31(12-15-34)38(46)45(37-24-33(17-20-42-37)35-26-49-39(43-35)41(3,4)5)25-29-7-9-30(10-8-29)32-13-16-36(48-6)28(2)23-32/h13,16-17,20,23-24,26-27,29-31,34H,7-12,14-15,18-19,21-22,25H2,1-6H3/t29-,30-,31-,34-. The summed E-state index contributed by atoms with van der Waals surface area (Å²) in [6.07, 6.45) is 12.3. The van der Waals surface area contributed by atoms with Crippen LogP contribution in [0, 0.1) is 24.7 Å². The van der Waals surface area contributed by atoms with Crippen molar-refractivity contribution in [3.05, 3.63) is 59.8 Å². The van der Waals surface area contributed by atoms with Crippen LogP contribution in [-0.2, 0) is 14.9 Å². The van der Waals surface area contributed by atoms with E-state index < -0.39 is 0 Å². The lowest BCUT2D eigenvalue weighted by Crippen LogP contribution is -2.43. The summed E-state index contributed by atoms with van der Waals surface area (Å²) in [5.41, 5.74) is 3.96. The van der Waals surface area contributed by atoms with Crippen molar-refractivity contribution < 1.29 is 23.5 Å². The zero-order chi connectivity index (χ0) is 35.4. The van der Waals surface area contributed by atoms with Gasteiger partial charge in [0.1, 0.15) is 29.6 Å². The number of hydrogen-bond acceptors (Lipinski definition) is 7. The summed E-state index contributed by atoms with van der Waals surface area (Å²) < 4.78 is 17.3. The number of likely N-dealkylation sites (tertiary alicyclic amines) is 1. The third kappa shape index (κ3) is 8.52. The van der Waals surface area contributed by atoms with Crippen LogP contribution in [0.3, 0.4) is 0 Å². The Morgan fingerprint density at radius 1 is 0.960 bits per heavy atom. The Hall–Kier alpha value is -3.88. The largest absolute Gasteiger partial charge is 0.496 e. The molecule has 2 aliphatic carbocycles. The van der Waals surface area contributed by atoms with E-state index in [1.165, 1.54) is 11.1 Å². The van der Waals surface area contributed by atoms with Gasteiger partial charge in [0, 0.05) is 42.7 Å². The summed E-state index contributed by atoms with van der Waals surface area (Å²) in [7, 11) is 1.72. The predicted octanol–water partition coefficient (Wildman–Crippen LogP) is 9.09. The number of methoxy groups -OCH3 is 1. The van der Waals surface area contributed by atoms with E-state index in [9.17, 15) is 9.59 Å². The SMILES string of the molecule is COc1ccc([C@H]2CC[C@H](CN(c3cc(-c4coc(C(C)(C)C)n4)ccn3)C(=O)[C@H]3CC[C@H](OC(=O)N4CCC(C)CC4)CC3)CC2)cc1C. The molecule has 9 heteroatoms. The highest BCUT2D eigenvalue weighted by atomic mass is 16.6. The number of rotatable bonds is 8. The molecule has 0 atom stereocenters. The highest BCUT2D eigenvalue weighted by Crippen LogP contribution is 2.39. The van der Waals surface area contributed by atoms with Gasteiger partial charge in [-0.2, -0.15) is 0 Å². The lowest BCUT2D eigenvalue weighted by molar-refractivity contribution is -0.124. The van der Waals surface area contributed by atoms with Gasteiger partial charge in [0.05, 0.1) is 7.11 Å². The summed E-state index contributed by atoms with van der Waals surface area (Å²) >= 11 is 0. The van der Waals surface area contributed by atoms with E-state index in [-0.39, 0.29) is 29.4 Å². The van der Waals surface area contributed by atoms with Crippen LogP contribution in [-0.4, -0.2) is 59.7 Å². The van der Waals surface area contributed by atoms with E-state index in [0.717, 1.165) is 68.6 Å². The molecule has 3 heterocycles. The van der Waals surface area contributed by atoms with E-state index in [2.05, 4.69) is 52.8 Å². The monoisotopic (exact) mass is 684 g/mol. The molecule has 3 aromatic rings. The molecule has 2 aromatic heterocycles. The molecule has 1 aliphatic heterocycles. The molecule has 0 unspecified atom stereocenters. The van der Waals surface area contributed by atoms with Gasteiger partial charge in [-0.1, -0.05) is 39.8 Å². The van der Waals surface area contributed by atoms with Gasteiger partial charge in [0.2, 0.25) is 5.91 Å². The fraction of sp³-hybridized carbons (Fsp3) is 0.610. The zero-order valence-corrected chi connectivity index (χ0v) is 31.0. The number of carbonyl (C=O) groups is 2. The van der Waals surface area contributed by atoms with Gasteiger partial charge in [0.25, 0.3) is 0 Å². The molecule has 0 radical (unpaired) electrons. The number of piperidine rings is 1. The van der Waals surface area contributed by atoms with Crippen LogP contribution >= 0.6 is 0 Å². The molecule has 0 bridgehead atoms. The number of benzene rings is 1. The fourth-order valence-corrected chi connectivity index (χ4v) is 7.92. The molecular formula is C41H56N4O5. The van der Waals surface area contributed by atoms with Gasteiger partial charge >= 0.3 is 6.09 Å². The minimum Gasteiger partial charge on any atom is -0.496 e. The number of hydrogen-bond donors (Lipinski definition) is 0. The number of aryl methyl sites for hydroxylation is 1. The van der Waals surface area contributed by atoms with Crippen LogP contribution in [0.15, 0.2) is 47.2 Å². The third-order valence-electron chi connectivity index (χ3n) is 11.2. The second-order valence-electron chi connectivity index (χ2n) is 16.1. The average molecular weight is 685 g/mol. The summed E-state index contributed by atoms with van der Waals surface area (Å²) in [4.78, 5) is 40.7. The van der Waals surface area contributed by atoms with Crippen molar-refractivity contribution in [2.24, 2.45) is 17.8 Å². The molecule has 1 saturated heterocycles. The molecule has 6 rings (SSSR count). The van der Waals surface area contributed by atoms with Crippen LogP contribution < -0.4 is 9.64 Å². The Morgan fingerprint density at radius 2 is 1.68 bits per heavy atom. The number of oxazole rings is 1. The molecule has 2 saturated carbocycles. The minimum absolute atomic E-state index is 0.118. The van der Waals surface area contributed by atoms with E-state index in [1.807, 2.05) is 21.9 Å². The van der Waals surface area contributed by atoms with Gasteiger partial charge in [-0.3, -0.25) is 9.69 Å². The molecule has 0 spiro atoms. The lowest BCUT2D eigenvalue weighted by Gasteiger charge is -2.36. The van der Waals surface area contributed by atoms with Crippen LogP contribution in [0.2, 0.25) is 0 Å². The summed E-state index contributed by atoms with van der Waals surface area (Å²) in [5, 5.41) is 0. The predicted molar refractivity (Wildman–Crippen MR) is 195 cm³/mol. The van der Waals surface area contributed by atoms with E-state index in [1.54, 1.807) is 19.6 Å². The number of carbonyl (C=O) groups excluding carboxylic acids is 2. The third-order valence-corrected chi connectivity index (χ3v) is 11.2. The van der Waals surface area contributed by atoms with Crippen LogP contribution in [0.5, 0.6) is 5.75 Å². The maximum Gasteiger partial charge on any atom is 0.410 e. The van der Waals surface area contributed by atoms with Crippen molar-refractivity contribution in [3.8, 4) is 17.0 Å².